The van der Waals surface area contributed by atoms with Gasteiger partial charge in [-0.3, -0.25) is 14.9 Å². The number of nitro groups is 1. The molecule has 0 bridgehead atoms. The van der Waals surface area contributed by atoms with E-state index in [0.717, 1.165) is 16.3 Å². The SMILES string of the molecule is O=C(/C=C/c1cccc([N+](=O)[O-])c1)N(/N=C/c1ccco1)c1nc2ccc(F)cc2s1. The summed E-state index contributed by atoms with van der Waals surface area (Å²) in [5, 5.41) is 16.4. The van der Waals surface area contributed by atoms with E-state index < -0.39 is 16.6 Å². The van der Waals surface area contributed by atoms with Crippen molar-refractivity contribution in [2.45, 2.75) is 0 Å². The van der Waals surface area contributed by atoms with Gasteiger partial charge in [-0.05, 0) is 42.0 Å². The molecule has 0 atom stereocenters. The molecule has 4 aromatic rings. The number of anilines is 1. The van der Waals surface area contributed by atoms with Crippen LogP contribution in [0.5, 0.6) is 0 Å². The Hall–Kier alpha value is -4.18. The van der Waals surface area contributed by atoms with E-state index in [0.29, 0.717) is 21.5 Å². The molecule has 10 heteroatoms. The fourth-order valence-corrected chi connectivity index (χ4v) is 3.59. The van der Waals surface area contributed by atoms with Gasteiger partial charge in [-0.15, -0.1) is 0 Å². The lowest BCUT2D eigenvalue weighted by molar-refractivity contribution is -0.384. The second-order valence-corrected chi connectivity index (χ2v) is 7.21. The number of non-ortho nitro benzene ring substituents is 1. The number of hydrazone groups is 1. The monoisotopic (exact) mass is 436 g/mol. The first-order valence-corrected chi connectivity index (χ1v) is 9.71. The highest BCUT2D eigenvalue weighted by Crippen LogP contribution is 2.30. The summed E-state index contributed by atoms with van der Waals surface area (Å²) in [6.07, 6.45) is 5.49. The van der Waals surface area contributed by atoms with Crippen LogP contribution in [-0.4, -0.2) is 22.0 Å². The number of thiazole rings is 1. The first-order chi connectivity index (χ1) is 15.0. The molecular weight excluding hydrogens is 423 g/mol. The zero-order chi connectivity index (χ0) is 21.8. The molecule has 2 aromatic carbocycles. The van der Waals surface area contributed by atoms with Crippen LogP contribution in [0.1, 0.15) is 11.3 Å². The Morgan fingerprint density at radius 1 is 1.23 bits per heavy atom. The molecule has 4 rings (SSSR count). The quantitative estimate of drug-likeness (QED) is 0.183. The van der Waals surface area contributed by atoms with Crippen LogP contribution in [0.3, 0.4) is 0 Å². The average molecular weight is 436 g/mol. The number of fused-ring (bicyclic) bond motifs is 1. The molecule has 0 fully saturated rings. The fourth-order valence-electron chi connectivity index (χ4n) is 2.64. The second kappa shape index (κ2) is 8.67. The number of rotatable bonds is 6. The van der Waals surface area contributed by atoms with E-state index in [2.05, 4.69) is 10.1 Å². The number of amides is 1. The number of carbonyl (C=O) groups is 1. The highest BCUT2D eigenvalue weighted by molar-refractivity contribution is 7.22. The third kappa shape index (κ3) is 4.70. The summed E-state index contributed by atoms with van der Waals surface area (Å²) in [6, 6.07) is 13.3. The predicted molar refractivity (Wildman–Crippen MR) is 115 cm³/mol. The molecule has 2 aromatic heterocycles. The van der Waals surface area contributed by atoms with Gasteiger partial charge >= 0.3 is 0 Å². The zero-order valence-electron chi connectivity index (χ0n) is 15.7. The molecule has 0 spiro atoms. The molecule has 0 saturated carbocycles. The lowest BCUT2D eigenvalue weighted by atomic mass is 10.2. The molecule has 0 aliphatic carbocycles. The average Bonchev–Trinajstić information content (AvgIpc) is 3.42. The molecule has 1 amide bonds. The summed E-state index contributed by atoms with van der Waals surface area (Å²) in [5.41, 5.74) is 0.912. The fraction of sp³-hybridized carbons (Fsp3) is 0. The van der Waals surface area contributed by atoms with Crippen LogP contribution < -0.4 is 5.01 Å². The van der Waals surface area contributed by atoms with E-state index in [1.165, 1.54) is 61.0 Å². The van der Waals surface area contributed by atoms with Gasteiger partial charge in [-0.1, -0.05) is 23.5 Å². The molecule has 0 N–H and O–H groups in total. The van der Waals surface area contributed by atoms with Crippen molar-refractivity contribution >= 4 is 50.6 Å². The molecule has 0 saturated heterocycles. The Morgan fingerprint density at radius 2 is 2.10 bits per heavy atom. The predicted octanol–water partition coefficient (Wildman–Crippen LogP) is 5.02. The minimum absolute atomic E-state index is 0.0875. The molecule has 0 radical (unpaired) electrons. The van der Waals surface area contributed by atoms with Crippen LogP contribution in [0.4, 0.5) is 15.2 Å². The number of hydrogen-bond donors (Lipinski definition) is 0. The van der Waals surface area contributed by atoms with E-state index in [4.69, 9.17) is 4.42 Å². The van der Waals surface area contributed by atoms with Gasteiger partial charge in [0.2, 0.25) is 5.13 Å². The maximum atomic E-state index is 13.5. The Morgan fingerprint density at radius 3 is 2.87 bits per heavy atom. The third-order valence-corrected chi connectivity index (χ3v) is 5.07. The smallest absolute Gasteiger partial charge is 0.273 e. The second-order valence-electron chi connectivity index (χ2n) is 6.20. The highest BCUT2D eigenvalue weighted by atomic mass is 32.1. The number of nitrogens with zero attached hydrogens (tertiary/aromatic N) is 4. The number of halogens is 1. The summed E-state index contributed by atoms with van der Waals surface area (Å²) >= 11 is 1.10. The molecule has 8 nitrogen and oxygen atoms in total. The Labute approximate surface area is 178 Å². The van der Waals surface area contributed by atoms with E-state index >= 15 is 0 Å². The summed E-state index contributed by atoms with van der Waals surface area (Å²) in [7, 11) is 0. The number of carbonyl (C=O) groups excluding carboxylic acids is 1. The lowest BCUT2D eigenvalue weighted by Crippen LogP contribution is -2.23. The molecule has 154 valence electrons. The van der Waals surface area contributed by atoms with Crippen molar-refractivity contribution in [3.8, 4) is 0 Å². The van der Waals surface area contributed by atoms with Crippen molar-refractivity contribution < 1.29 is 18.5 Å². The number of benzene rings is 2. The summed E-state index contributed by atoms with van der Waals surface area (Å²) in [6.45, 7) is 0. The lowest BCUT2D eigenvalue weighted by Gasteiger charge is -2.10. The summed E-state index contributed by atoms with van der Waals surface area (Å²) in [5.74, 6) is -0.535. The Balaban J connectivity index is 1.66. The molecule has 31 heavy (non-hydrogen) atoms. The molecular formula is C21H13FN4O4S. The van der Waals surface area contributed by atoms with E-state index in [-0.39, 0.29) is 10.8 Å². The first-order valence-electron chi connectivity index (χ1n) is 8.90. The van der Waals surface area contributed by atoms with Crippen molar-refractivity contribution in [2.24, 2.45) is 5.10 Å². The number of furan rings is 1. The highest BCUT2D eigenvalue weighted by Gasteiger charge is 2.18. The minimum Gasteiger partial charge on any atom is -0.463 e. The Kier molecular flexibility index (Phi) is 5.63. The van der Waals surface area contributed by atoms with E-state index in [1.807, 2.05) is 0 Å². The van der Waals surface area contributed by atoms with Gasteiger partial charge in [0.1, 0.15) is 11.6 Å². The topological polar surface area (TPSA) is 102 Å². The first kappa shape index (κ1) is 20.1. The van der Waals surface area contributed by atoms with Crippen LogP contribution >= 0.6 is 11.3 Å². The van der Waals surface area contributed by atoms with Gasteiger partial charge in [-0.2, -0.15) is 10.1 Å². The van der Waals surface area contributed by atoms with Crippen LogP contribution in [-0.2, 0) is 4.79 Å². The van der Waals surface area contributed by atoms with Crippen LogP contribution in [0.2, 0.25) is 0 Å². The number of aromatic nitrogens is 1. The standard InChI is InChI=1S/C21H13FN4O4S/c22-15-7-8-18-19(12-15)31-21(24-18)25(23-13-17-5-2-10-30-17)20(27)9-6-14-3-1-4-16(11-14)26(28)29/h1-13H/b9-6+,23-13+. The maximum absolute atomic E-state index is 13.5. The number of hydrogen-bond acceptors (Lipinski definition) is 7. The zero-order valence-corrected chi connectivity index (χ0v) is 16.5. The molecule has 0 aliphatic heterocycles. The van der Waals surface area contributed by atoms with Crippen molar-refractivity contribution in [2.75, 3.05) is 5.01 Å². The van der Waals surface area contributed by atoms with Gasteiger partial charge < -0.3 is 4.42 Å². The van der Waals surface area contributed by atoms with Gasteiger partial charge in [-0.25, -0.2) is 9.37 Å². The minimum atomic E-state index is -0.547. The van der Waals surface area contributed by atoms with E-state index in [9.17, 15) is 19.3 Å². The largest absolute Gasteiger partial charge is 0.463 e. The van der Waals surface area contributed by atoms with Gasteiger partial charge in [0.25, 0.3) is 11.6 Å². The molecule has 0 unspecified atom stereocenters. The van der Waals surface area contributed by atoms with Crippen LogP contribution in [0, 0.1) is 15.9 Å². The van der Waals surface area contributed by atoms with Gasteiger partial charge in [0.15, 0.2) is 0 Å². The van der Waals surface area contributed by atoms with Crippen molar-refractivity contribution in [1.82, 2.24) is 4.98 Å². The van der Waals surface area contributed by atoms with Crippen LogP contribution in [0.15, 0.2) is 76.5 Å². The van der Waals surface area contributed by atoms with Crippen molar-refractivity contribution in [3.05, 3.63) is 94.2 Å². The van der Waals surface area contributed by atoms with E-state index in [1.54, 1.807) is 18.2 Å². The van der Waals surface area contributed by atoms with Crippen LogP contribution in [0.25, 0.3) is 16.3 Å². The molecule has 2 heterocycles. The summed E-state index contributed by atoms with van der Waals surface area (Å²) in [4.78, 5) is 27.7. The normalized spacial score (nSPS) is 11.5. The Bertz CT molecular complexity index is 1310. The van der Waals surface area contributed by atoms with Crippen molar-refractivity contribution in [1.29, 1.82) is 0 Å². The third-order valence-electron chi connectivity index (χ3n) is 4.07. The summed E-state index contributed by atoms with van der Waals surface area (Å²) < 4.78 is 19.3. The maximum Gasteiger partial charge on any atom is 0.273 e. The number of nitro benzene ring substituents is 1. The molecule has 0 aliphatic rings. The van der Waals surface area contributed by atoms with Gasteiger partial charge in [0.05, 0.1) is 27.6 Å². The van der Waals surface area contributed by atoms with Gasteiger partial charge in [0, 0.05) is 18.2 Å². The van der Waals surface area contributed by atoms with Crippen molar-refractivity contribution in [3.63, 3.8) is 0 Å².